The van der Waals surface area contributed by atoms with Crippen LogP contribution < -0.4 is 0 Å². The fraction of sp³-hybridized carbons (Fsp3) is 0.250. The zero-order valence-electron chi connectivity index (χ0n) is 25.1. The van der Waals surface area contributed by atoms with Gasteiger partial charge in [-0.05, 0) is 51.1 Å². The Morgan fingerprint density at radius 2 is 0.750 bits per heavy atom. The molecule has 44 heavy (non-hydrogen) atoms. The number of hydrogen-bond acceptors (Lipinski definition) is 4. The van der Waals surface area contributed by atoms with Crippen LogP contribution in [-0.2, 0) is 45.4 Å². The summed E-state index contributed by atoms with van der Waals surface area (Å²) in [4.78, 5) is 0. The molecule has 0 bridgehead atoms. The van der Waals surface area contributed by atoms with Gasteiger partial charge in [-0.15, -0.1) is 0 Å². The average molecular weight is 585 g/mol. The summed E-state index contributed by atoms with van der Waals surface area (Å²) < 4.78 is 25.8. The van der Waals surface area contributed by atoms with Crippen molar-refractivity contribution in [2.75, 3.05) is 0 Å². The van der Waals surface area contributed by atoms with E-state index in [1.54, 1.807) is 0 Å². The summed E-state index contributed by atoms with van der Waals surface area (Å²) in [5.41, 5.74) is 7.93. The van der Waals surface area contributed by atoms with Crippen LogP contribution in [0.4, 0.5) is 0 Å². The van der Waals surface area contributed by atoms with Crippen molar-refractivity contribution in [2.45, 2.75) is 63.7 Å². The lowest BCUT2D eigenvalue weighted by Gasteiger charge is -2.21. The van der Waals surface area contributed by atoms with Crippen molar-refractivity contribution in [3.63, 3.8) is 0 Å². The Bertz CT molecular complexity index is 1410. The van der Waals surface area contributed by atoms with Gasteiger partial charge in [-0.25, -0.2) is 0 Å². The maximum Gasteiger partial charge on any atom is 0.103 e. The Hall–Kier alpha value is -4.06. The molecule has 4 aromatic carbocycles. The number of hydrogen-bond donors (Lipinski definition) is 0. The van der Waals surface area contributed by atoms with Gasteiger partial charge >= 0.3 is 0 Å². The van der Waals surface area contributed by atoms with Crippen LogP contribution in [0.2, 0.25) is 0 Å². The lowest BCUT2D eigenvalue weighted by atomic mass is 9.98. The predicted octanol–water partition coefficient (Wildman–Crippen LogP) is 8.54. The molecule has 4 atom stereocenters. The highest BCUT2D eigenvalue weighted by Crippen LogP contribution is 2.38. The van der Waals surface area contributed by atoms with Crippen LogP contribution in [0.3, 0.4) is 0 Å². The fourth-order valence-corrected chi connectivity index (χ4v) is 5.77. The molecule has 224 valence electrons. The summed E-state index contributed by atoms with van der Waals surface area (Å²) in [5, 5.41) is 0. The quantitative estimate of drug-likeness (QED) is 0.149. The van der Waals surface area contributed by atoms with Crippen molar-refractivity contribution in [3.8, 4) is 0 Å². The molecule has 0 radical (unpaired) electrons. The first-order chi connectivity index (χ1) is 21.7. The van der Waals surface area contributed by atoms with Gasteiger partial charge in [-0.1, -0.05) is 128 Å². The minimum atomic E-state index is -0.164. The van der Waals surface area contributed by atoms with Crippen LogP contribution in [0, 0.1) is 0 Å². The molecule has 0 aromatic heterocycles. The van der Waals surface area contributed by atoms with Gasteiger partial charge in [0.05, 0.1) is 38.6 Å². The Kier molecular flexibility index (Phi) is 10.3. The fourth-order valence-electron chi connectivity index (χ4n) is 5.77. The Labute approximate surface area is 261 Å². The Balaban J connectivity index is 1.16. The molecule has 0 heterocycles. The number of rotatable bonds is 14. The molecule has 0 spiro atoms. The molecule has 0 saturated heterocycles. The molecule has 4 nitrogen and oxygen atoms in total. The van der Waals surface area contributed by atoms with Gasteiger partial charge in [0.2, 0.25) is 0 Å². The normalized spacial score (nSPS) is 21.2. The van der Waals surface area contributed by atoms with Crippen molar-refractivity contribution in [3.05, 3.63) is 179 Å². The molecule has 4 aromatic rings. The highest BCUT2D eigenvalue weighted by atomic mass is 16.5. The summed E-state index contributed by atoms with van der Waals surface area (Å²) in [6.07, 6.45) is 5.39. The van der Waals surface area contributed by atoms with E-state index >= 15 is 0 Å². The van der Waals surface area contributed by atoms with Crippen LogP contribution in [0.25, 0.3) is 0 Å². The van der Waals surface area contributed by atoms with E-state index in [4.69, 9.17) is 18.9 Å². The molecular weight excluding hydrogens is 544 g/mol. The average Bonchev–Trinajstić information content (AvgIpc) is 3.70. The van der Waals surface area contributed by atoms with E-state index in [0.29, 0.717) is 26.4 Å². The summed E-state index contributed by atoms with van der Waals surface area (Å²) in [7, 11) is 0. The van der Waals surface area contributed by atoms with E-state index < -0.39 is 0 Å². The molecule has 0 unspecified atom stereocenters. The third-order valence-corrected chi connectivity index (χ3v) is 8.27. The molecule has 0 fully saturated rings. The molecule has 6 rings (SSSR count). The first-order valence-electron chi connectivity index (χ1n) is 15.4. The monoisotopic (exact) mass is 584 g/mol. The first kappa shape index (κ1) is 30.0. The zero-order chi connectivity index (χ0) is 30.0. The summed E-state index contributed by atoms with van der Waals surface area (Å²) in [5.74, 6) is 0. The lowest BCUT2D eigenvalue weighted by Crippen LogP contribution is -2.26. The van der Waals surface area contributed by atoms with Crippen LogP contribution in [0.5, 0.6) is 0 Å². The Morgan fingerprint density at radius 3 is 1.07 bits per heavy atom. The zero-order valence-corrected chi connectivity index (χ0v) is 25.1. The van der Waals surface area contributed by atoms with Crippen molar-refractivity contribution in [1.82, 2.24) is 0 Å². The minimum absolute atomic E-state index is 0.0945. The van der Waals surface area contributed by atoms with Gasteiger partial charge in [-0.2, -0.15) is 0 Å². The molecule has 0 N–H and O–H groups in total. The van der Waals surface area contributed by atoms with E-state index in [1.165, 1.54) is 0 Å². The van der Waals surface area contributed by atoms with Gasteiger partial charge in [-0.3, -0.25) is 0 Å². The number of allylic oxidation sites excluding steroid dienone is 1. The van der Waals surface area contributed by atoms with Gasteiger partial charge in [0.15, 0.2) is 0 Å². The highest BCUT2D eigenvalue weighted by Gasteiger charge is 2.35. The van der Waals surface area contributed by atoms with Crippen molar-refractivity contribution >= 4 is 0 Å². The standard InChI is InChI=1S/C40H40O4/c1-30(35-22-37(41-26-31-14-6-2-7-15-31)38(23-35)42-27-32-16-8-3-9-17-32)36-24-39(43-28-33-18-10-4-11-19-33)40(25-36)44-29-34-20-12-5-13-21-34/h2-22,24,37-40H,1,23,25-29H2/t37-,38+,39-,40+/m1/s1. The van der Waals surface area contributed by atoms with E-state index in [1.807, 2.05) is 72.8 Å². The third-order valence-electron chi connectivity index (χ3n) is 8.27. The highest BCUT2D eigenvalue weighted by molar-refractivity contribution is 5.50. The van der Waals surface area contributed by atoms with E-state index in [9.17, 15) is 0 Å². The summed E-state index contributed by atoms with van der Waals surface area (Å²) >= 11 is 0. The third kappa shape index (κ3) is 8.10. The molecule has 2 aliphatic rings. The Morgan fingerprint density at radius 1 is 0.455 bits per heavy atom. The smallest absolute Gasteiger partial charge is 0.103 e. The molecule has 4 heteroatoms. The van der Waals surface area contributed by atoms with Gasteiger partial charge in [0, 0.05) is 12.8 Å². The van der Waals surface area contributed by atoms with E-state index in [0.717, 1.165) is 51.8 Å². The second-order valence-corrected chi connectivity index (χ2v) is 11.5. The minimum Gasteiger partial charge on any atom is -0.370 e. The van der Waals surface area contributed by atoms with Crippen LogP contribution in [-0.4, -0.2) is 24.4 Å². The second kappa shape index (κ2) is 15.1. The molecule has 0 aliphatic heterocycles. The summed E-state index contributed by atoms with van der Waals surface area (Å²) in [6, 6.07) is 41.2. The first-order valence-corrected chi connectivity index (χ1v) is 15.4. The van der Waals surface area contributed by atoms with Crippen molar-refractivity contribution in [1.29, 1.82) is 0 Å². The summed E-state index contributed by atoms with van der Waals surface area (Å²) in [6.45, 7) is 6.71. The van der Waals surface area contributed by atoms with E-state index in [2.05, 4.69) is 67.3 Å². The van der Waals surface area contributed by atoms with Crippen LogP contribution in [0.1, 0.15) is 35.1 Å². The molecule has 2 aliphatic carbocycles. The van der Waals surface area contributed by atoms with Gasteiger partial charge < -0.3 is 18.9 Å². The second-order valence-electron chi connectivity index (χ2n) is 11.5. The van der Waals surface area contributed by atoms with E-state index in [-0.39, 0.29) is 24.4 Å². The molecular formula is C40H40O4. The van der Waals surface area contributed by atoms with Crippen molar-refractivity contribution < 1.29 is 18.9 Å². The number of benzene rings is 4. The van der Waals surface area contributed by atoms with Crippen molar-refractivity contribution in [2.24, 2.45) is 0 Å². The van der Waals surface area contributed by atoms with Gasteiger partial charge in [0.1, 0.15) is 12.2 Å². The van der Waals surface area contributed by atoms with Gasteiger partial charge in [0.25, 0.3) is 0 Å². The topological polar surface area (TPSA) is 36.9 Å². The number of ether oxygens (including phenoxy) is 4. The molecule has 0 saturated carbocycles. The largest absolute Gasteiger partial charge is 0.370 e. The van der Waals surface area contributed by atoms with Crippen LogP contribution in [0.15, 0.2) is 157 Å². The van der Waals surface area contributed by atoms with Crippen LogP contribution >= 0.6 is 0 Å². The maximum atomic E-state index is 6.46. The predicted molar refractivity (Wildman–Crippen MR) is 175 cm³/mol. The lowest BCUT2D eigenvalue weighted by molar-refractivity contribution is -0.0564. The SMILES string of the molecule is C=C(C1=C[C@@H](OCc2ccccc2)[C@@H](OCc2ccccc2)C1)C1=C[C@@H](OCc2ccccc2)[C@@H](OCc2ccccc2)C1. The molecule has 0 amide bonds. The maximum absolute atomic E-state index is 6.46.